The molecule has 1 aliphatic rings. The van der Waals surface area contributed by atoms with Crippen LogP contribution in [0.5, 0.6) is 0 Å². The van der Waals surface area contributed by atoms with Gasteiger partial charge in [-0.05, 0) is 26.7 Å². The third-order valence-corrected chi connectivity index (χ3v) is 3.34. The third kappa shape index (κ3) is 2.25. The van der Waals surface area contributed by atoms with Gasteiger partial charge in [-0.2, -0.15) is 0 Å². The van der Waals surface area contributed by atoms with E-state index < -0.39 is 0 Å². The molecule has 1 heterocycles. The lowest BCUT2D eigenvalue weighted by Crippen LogP contribution is -2.40. The fourth-order valence-electron chi connectivity index (χ4n) is 1.65. The van der Waals surface area contributed by atoms with Crippen LogP contribution in [0.1, 0.15) is 25.5 Å². The fourth-order valence-corrected chi connectivity index (χ4v) is 2.42. The van der Waals surface area contributed by atoms with Crippen LogP contribution in [0.25, 0.3) is 0 Å². The number of aromatic nitrogens is 1. The third-order valence-electron chi connectivity index (χ3n) is 2.44. The zero-order chi connectivity index (χ0) is 9.97. The molecule has 0 atom stereocenters. The second kappa shape index (κ2) is 4.28. The van der Waals surface area contributed by atoms with Crippen LogP contribution in [0.3, 0.4) is 0 Å². The first-order valence-corrected chi connectivity index (χ1v) is 5.96. The van der Waals surface area contributed by atoms with Gasteiger partial charge >= 0.3 is 0 Å². The van der Waals surface area contributed by atoms with Gasteiger partial charge in [0, 0.05) is 18.0 Å². The molecule has 78 valence electrons. The van der Waals surface area contributed by atoms with Gasteiger partial charge in [0.1, 0.15) is 0 Å². The topological polar surface area (TPSA) is 34.1 Å². The van der Waals surface area contributed by atoms with Crippen molar-refractivity contribution in [3.8, 4) is 0 Å². The van der Waals surface area contributed by atoms with Crippen molar-refractivity contribution in [1.29, 1.82) is 0 Å². The quantitative estimate of drug-likeness (QED) is 0.832. The molecule has 1 N–H and O–H groups in total. The molecule has 0 amide bonds. The lowest BCUT2D eigenvalue weighted by Gasteiger charge is -2.35. The van der Waals surface area contributed by atoms with E-state index in [9.17, 15) is 0 Å². The van der Waals surface area contributed by atoms with Gasteiger partial charge in [0.05, 0.1) is 11.8 Å². The molecule has 0 bridgehead atoms. The predicted molar refractivity (Wildman–Crippen MR) is 58.9 cm³/mol. The van der Waals surface area contributed by atoms with Gasteiger partial charge in [0.15, 0.2) is 5.13 Å². The largest absolute Gasteiger partial charge is 0.378 e. The average Bonchev–Trinajstić information content (AvgIpc) is 2.48. The molecule has 1 aromatic heterocycles. The van der Waals surface area contributed by atoms with Gasteiger partial charge in [-0.1, -0.05) is 0 Å². The Labute approximate surface area is 88.5 Å². The summed E-state index contributed by atoms with van der Waals surface area (Å²) in [5.41, 5.74) is 1.10. The van der Waals surface area contributed by atoms with Crippen molar-refractivity contribution in [3.63, 3.8) is 0 Å². The van der Waals surface area contributed by atoms with E-state index in [2.05, 4.69) is 15.7 Å². The van der Waals surface area contributed by atoms with Crippen LogP contribution < -0.4 is 5.32 Å². The van der Waals surface area contributed by atoms with Gasteiger partial charge in [-0.15, -0.1) is 11.3 Å². The SMILES string of the molecule is CCOC1CC(Nc2nc(C)cs2)C1. The zero-order valence-electron chi connectivity index (χ0n) is 8.62. The van der Waals surface area contributed by atoms with Crippen LogP contribution in [0, 0.1) is 6.92 Å². The highest BCUT2D eigenvalue weighted by Gasteiger charge is 2.29. The number of ether oxygens (including phenoxy) is 1. The minimum Gasteiger partial charge on any atom is -0.378 e. The van der Waals surface area contributed by atoms with E-state index in [1.54, 1.807) is 11.3 Å². The molecule has 1 aliphatic carbocycles. The summed E-state index contributed by atoms with van der Waals surface area (Å²) in [6.45, 7) is 4.89. The fraction of sp³-hybridized carbons (Fsp3) is 0.700. The second-order valence-corrected chi connectivity index (χ2v) is 4.54. The van der Waals surface area contributed by atoms with E-state index >= 15 is 0 Å². The second-order valence-electron chi connectivity index (χ2n) is 3.68. The van der Waals surface area contributed by atoms with Gasteiger partial charge in [-0.3, -0.25) is 0 Å². The summed E-state index contributed by atoms with van der Waals surface area (Å²) in [6, 6.07) is 0.567. The molecule has 2 rings (SSSR count). The lowest BCUT2D eigenvalue weighted by molar-refractivity contribution is 0.00299. The highest BCUT2D eigenvalue weighted by Crippen LogP contribution is 2.27. The molecule has 0 spiro atoms. The number of hydrogen-bond donors (Lipinski definition) is 1. The summed E-state index contributed by atoms with van der Waals surface area (Å²) in [7, 11) is 0. The molecule has 14 heavy (non-hydrogen) atoms. The van der Waals surface area contributed by atoms with E-state index in [1.165, 1.54) is 0 Å². The van der Waals surface area contributed by atoms with Crippen molar-refractivity contribution in [2.24, 2.45) is 0 Å². The molecule has 0 aliphatic heterocycles. The molecule has 1 saturated carbocycles. The molecule has 4 heteroatoms. The van der Waals surface area contributed by atoms with E-state index in [0.717, 1.165) is 30.3 Å². The Kier molecular flexibility index (Phi) is 3.03. The molecule has 0 unspecified atom stereocenters. The summed E-state index contributed by atoms with van der Waals surface area (Å²) in [4.78, 5) is 4.37. The Morgan fingerprint density at radius 3 is 3.00 bits per heavy atom. The van der Waals surface area contributed by atoms with Gasteiger partial charge < -0.3 is 10.1 Å². The standard InChI is InChI=1S/C10H16N2OS/c1-3-13-9-4-8(5-9)12-10-11-7(2)6-14-10/h6,8-9H,3-5H2,1-2H3,(H,11,12). The molecular formula is C10H16N2OS. The highest BCUT2D eigenvalue weighted by molar-refractivity contribution is 7.13. The number of hydrogen-bond acceptors (Lipinski definition) is 4. The number of nitrogens with one attached hydrogen (secondary N) is 1. The highest BCUT2D eigenvalue weighted by atomic mass is 32.1. The molecule has 3 nitrogen and oxygen atoms in total. The monoisotopic (exact) mass is 212 g/mol. The Hall–Kier alpha value is -0.610. The number of rotatable bonds is 4. The first-order valence-electron chi connectivity index (χ1n) is 5.08. The summed E-state index contributed by atoms with van der Waals surface area (Å²) < 4.78 is 5.49. The van der Waals surface area contributed by atoms with Crippen molar-refractivity contribution in [1.82, 2.24) is 4.98 Å². The Balaban J connectivity index is 1.74. The van der Waals surface area contributed by atoms with E-state index in [1.807, 2.05) is 13.8 Å². The molecule has 1 aromatic rings. The molecule has 1 fully saturated rings. The average molecular weight is 212 g/mol. The van der Waals surface area contributed by atoms with Gasteiger partial charge in [0.2, 0.25) is 0 Å². The summed E-state index contributed by atoms with van der Waals surface area (Å²) in [5, 5.41) is 6.53. The van der Waals surface area contributed by atoms with E-state index in [4.69, 9.17) is 4.74 Å². The Bertz CT molecular complexity index is 294. The van der Waals surface area contributed by atoms with E-state index in [0.29, 0.717) is 12.1 Å². The van der Waals surface area contributed by atoms with Crippen LogP contribution in [-0.2, 0) is 4.74 Å². The Morgan fingerprint density at radius 1 is 1.64 bits per heavy atom. The Morgan fingerprint density at radius 2 is 2.43 bits per heavy atom. The normalized spacial score (nSPS) is 25.9. The maximum atomic E-state index is 5.49. The van der Waals surface area contributed by atoms with Crippen molar-refractivity contribution in [2.75, 3.05) is 11.9 Å². The molecule has 0 aromatic carbocycles. The molecular weight excluding hydrogens is 196 g/mol. The van der Waals surface area contributed by atoms with Crippen molar-refractivity contribution < 1.29 is 4.74 Å². The van der Waals surface area contributed by atoms with Gasteiger partial charge in [-0.25, -0.2) is 4.98 Å². The number of nitrogens with zero attached hydrogens (tertiary/aromatic N) is 1. The predicted octanol–water partition coefficient (Wildman–Crippen LogP) is 2.43. The first kappa shape index (κ1) is 9.93. The number of aryl methyl sites for hydroxylation is 1. The number of anilines is 1. The first-order chi connectivity index (χ1) is 6.78. The smallest absolute Gasteiger partial charge is 0.183 e. The van der Waals surface area contributed by atoms with Crippen molar-refractivity contribution in [2.45, 2.75) is 38.8 Å². The summed E-state index contributed by atoms with van der Waals surface area (Å²) in [6.07, 6.45) is 2.71. The minimum absolute atomic E-state index is 0.471. The minimum atomic E-state index is 0.471. The summed E-state index contributed by atoms with van der Waals surface area (Å²) in [5.74, 6) is 0. The van der Waals surface area contributed by atoms with Crippen molar-refractivity contribution >= 4 is 16.5 Å². The van der Waals surface area contributed by atoms with Gasteiger partial charge in [0.25, 0.3) is 0 Å². The summed E-state index contributed by atoms with van der Waals surface area (Å²) >= 11 is 1.68. The molecule has 0 radical (unpaired) electrons. The van der Waals surface area contributed by atoms with Crippen LogP contribution in [-0.4, -0.2) is 23.7 Å². The van der Waals surface area contributed by atoms with Crippen LogP contribution in [0.15, 0.2) is 5.38 Å². The maximum Gasteiger partial charge on any atom is 0.183 e. The van der Waals surface area contributed by atoms with Crippen molar-refractivity contribution in [3.05, 3.63) is 11.1 Å². The lowest BCUT2D eigenvalue weighted by atomic mass is 9.89. The van der Waals surface area contributed by atoms with Crippen LogP contribution in [0.2, 0.25) is 0 Å². The number of thiazole rings is 1. The maximum absolute atomic E-state index is 5.49. The van der Waals surface area contributed by atoms with E-state index in [-0.39, 0.29) is 0 Å². The zero-order valence-corrected chi connectivity index (χ0v) is 9.43. The van der Waals surface area contributed by atoms with Crippen LogP contribution in [0.4, 0.5) is 5.13 Å². The van der Waals surface area contributed by atoms with Crippen LogP contribution >= 0.6 is 11.3 Å². The molecule has 0 saturated heterocycles.